The number of hydrogen-bond acceptors (Lipinski definition) is 4. The van der Waals surface area contributed by atoms with Gasteiger partial charge in [-0.25, -0.2) is 4.98 Å². The van der Waals surface area contributed by atoms with Crippen molar-refractivity contribution in [2.75, 3.05) is 13.1 Å². The number of amides is 3. The van der Waals surface area contributed by atoms with Gasteiger partial charge in [-0.3, -0.25) is 19.3 Å². The lowest BCUT2D eigenvalue weighted by Crippen LogP contribution is -2.62. The Labute approximate surface area is 125 Å². The summed E-state index contributed by atoms with van der Waals surface area (Å²) in [5.74, 6) is -0.339. The fourth-order valence-electron chi connectivity index (χ4n) is 3.04. The van der Waals surface area contributed by atoms with Crippen molar-refractivity contribution in [1.29, 1.82) is 0 Å². The molecule has 2 saturated heterocycles. The van der Waals surface area contributed by atoms with Crippen LogP contribution >= 0.6 is 0 Å². The first kappa shape index (κ1) is 13.0. The highest BCUT2D eigenvalue weighted by atomic mass is 16.2. The van der Waals surface area contributed by atoms with Gasteiger partial charge in [0.2, 0.25) is 11.8 Å². The molecule has 2 fully saturated rings. The third-order valence-corrected chi connectivity index (χ3v) is 4.27. The fourth-order valence-corrected chi connectivity index (χ4v) is 3.04. The van der Waals surface area contributed by atoms with Gasteiger partial charge in [0, 0.05) is 31.5 Å². The highest BCUT2D eigenvalue weighted by Gasteiger charge is 2.42. The lowest BCUT2D eigenvalue weighted by atomic mass is 10.0. The van der Waals surface area contributed by atoms with Gasteiger partial charge in [0.1, 0.15) is 0 Å². The van der Waals surface area contributed by atoms with Gasteiger partial charge < -0.3 is 9.88 Å². The molecule has 0 unspecified atom stereocenters. The number of fused-ring (bicyclic) bond motifs is 1. The molecule has 0 saturated carbocycles. The number of carbonyl (C=O) groups excluding carboxylic acids is 3. The van der Waals surface area contributed by atoms with Gasteiger partial charge >= 0.3 is 0 Å². The Balaban J connectivity index is 1.47. The molecule has 0 spiro atoms. The van der Waals surface area contributed by atoms with Crippen LogP contribution in [0.4, 0.5) is 0 Å². The molecule has 2 aliphatic rings. The summed E-state index contributed by atoms with van der Waals surface area (Å²) in [6, 6.07) is 5.14. The van der Waals surface area contributed by atoms with Crippen LogP contribution in [0.3, 0.4) is 0 Å². The van der Waals surface area contributed by atoms with Crippen molar-refractivity contribution in [1.82, 2.24) is 19.8 Å². The van der Waals surface area contributed by atoms with Crippen LogP contribution in [0.2, 0.25) is 0 Å². The van der Waals surface area contributed by atoms with Crippen molar-refractivity contribution in [3.63, 3.8) is 0 Å². The van der Waals surface area contributed by atoms with Crippen LogP contribution in [0.25, 0.3) is 11.0 Å². The highest BCUT2D eigenvalue weighted by molar-refractivity contribution is 6.03. The van der Waals surface area contributed by atoms with E-state index in [-0.39, 0.29) is 23.8 Å². The van der Waals surface area contributed by atoms with Crippen LogP contribution in [0.15, 0.2) is 24.5 Å². The van der Waals surface area contributed by atoms with E-state index >= 15 is 0 Å². The predicted octanol–water partition coefficient (Wildman–Crippen LogP) is 0.536. The van der Waals surface area contributed by atoms with Gasteiger partial charge in [-0.2, -0.15) is 0 Å². The van der Waals surface area contributed by atoms with E-state index in [1.165, 1.54) is 4.90 Å². The summed E-state index contributed by atoms with van der Waals surface area (Å²) >= 11 is 0. The molecular formula is C15H14N4O3. The Morgan fingerprint density at radius 1 is 1.18 bits per heavy atom. The minimum absolute atomic E-state index is 0.0909. The molecule has 0 aliphatic carbocycles. The molecule has 7 nitrogen and oxygen atoms in total. The minimum Gasteiger partial charge on any atom is -0.345 e. The van der Waals surface area contributed by atoms with Crippen LogP contribution < -0.4 is 0 Å². The molecule has 2 aliphatic heterocycles. The summed E-state index contributed by atoms with van der Waals surface area (Å²) in [5.41, 5.74) is 2.20. The highest BCUT2D eigenvalue weighted by Crippen LogP contribution is 2.24. The first-order chi connectivity index (χ1) is 10.6. The Kier molecular flexibility index (Phi) is 2.75. The number of aromatic nitrogens is 2. The standard InChI is InChI=1S/C15H14N4O3/c20-13-3-4-14(21)19(13)10-6-18(7-10)15(22)9-1-2-11-12(5-9)17-8-16-11/h1-2,5,8,10H,3-4,6-7H2,(H,16,17). The topological polar surface area (TPSA) is 86.4 Å². The van der Waals surface area contributed by atoms with E-state index in [0.29, 0.717) is 31.5 Å². The number of nitrogens with one attached hydrogen (secondary N) is 1. The second-order valence-electron chi connectivity index (χ2n) is 5.66. The van der Waals surface area contributed by atoms with Crippen LogP contribution in [0.1, 0.15) is 23.2 Å². The number of benzene rings is 1. The summed E-state index contributed by atoms with van der Waals surface area (Å²) in [6.07, 6.45) is 2.17. The largest absolute Gasteiger partial charge is 0.345 e. The van der Waals surface area contributed by atoms with Crippen molar-refractivity contribution in [2.24, 2.45) is 0 Å². The number of rotatable bonds is 2. The smallest absolute Gasteiger partial charge is 0.254 e. The molecule has 112 valence electrons. The van der Waals surface area contributed by atoms with Crippen molar-refractivity contribution >= 4 is 28.8 Å². The molecule has 0 radical (unpaired) electrons. The number of carbonyl (C=O) groups is 3. The monoisotopic (exact) mass is 298 g/mol. The second-order valence-corrected chi connectivity index (χ2v) is 5.66. The number of imide groups is 1. The summed E-state index contributed by atoms with van der Waals surface area (Å²) in [7, 11) is 0. The Morgan fingerprint density at radius 3 is 2.64 bits per heavy atom. The van der Waals surface area contributed by atoms with E-state index in [2.05, 4.69) is 9.97 Å². The Morgan fingerprint density at radius 2 is 1.91 bits per heavy atom. The molecule has 3 amide bonds. The maximum Gasteiger partial charge on any atom is 0.254 e. The number of nitrogens with zero attached hydrogens (tertiary/aromatic N) is 3. The maximum absolute atomic E-state index is 12.4. The second kappa shape index (κ2) is 4.66. The summed E-state index contributed by atoms with van der Waals surface area (Å²) in [4.78, 5) is 45.8. The van der Waals surface area contributed by atoms with E-state index < -0.39 is 0 Å². The van der Waals surface area contributed by atoms with Gasteiger partial charge in [-0.05, 0) is 18.2 Å². The zero-order valence-electron chi connectivity index (χ0n) is 11.8. The Bertz CT molecular complexity index is 775. The molecule has 1 N–H and O–H groups in total. The van der Waals surface area contributed by atoms with E-state index in [1.807, 2.05) is 0 Å². The molecular weight excluding hydrogens is 284 g/mol. The van der Waals surface area contributed by atoms with Crippen LogP contribution in [0, 0.1) is 0 Å². The van der Waals surface area contributed by atoms with Gasteiger partial charge in [0.05, 0.1) is 23.4 Å². The first-order valence-electron chi connectivity index (χ1n) is 7.21. The number of hydrogen-bond donors (Lipinski definition) is 1. The van der Waals surface area contributed by atoms with E-state index in [0.717, 1.165) is 11.0 Å². The molecule has 7 heteroatoms. The molecule has 0 atom stereocenters. The van der Waals surface area contributed by atoms with Gasteiger partial charge in [0.25, 0.3) is 5.91 Å². The van der Waals surface area contributed by atoms with E-state index in [4.69, 9.17) is 0 Å². The van der Waals surface area contributed by atoms with E-state index in [9.17, 15) is 14.4 Å². The summed E-state index contributed by atoms with van der Waals surface area (Å²) in [6.45, 7) is 0.828. The summed E-state index contributed by atoms with van der Waals surface area (Å²) in [5, 5.41) is 0. The molecule has 3 heterocycles. The average Bonchev–Trinajstić information content (AvgIpc) is 3.05. The zero-order chi connectivity index (χ0) is 15.3. The fraction of sp³-hybridized carbons (Fsp3) is 0.333. The lowest BCUT2D eigenvalue weighted by molar-refractivity contribution is -0.144. The third kappa shape index (κ3) is 1.89. The van der Waals surface area contributed by atoms with Crippen molar-refractivity contribution in [3.05, 3.63) is 30.1 Å². The quantitative estimate of drug-likeness (QED) is 0.820. The number of H-pyrrole nitrogens is 1. The minimum atomic E-state index is -0.165. The SMILES string of the molecule is O=C(c1ccc2nc[nH]c2c1)N1CC(N2C(=O)CCC2=O)C1. The Hall–Kier alpha value is -2.70. The number of likely N-dealkylation sites (tertiary alicyclic amines) is 2. The van der Waals surface area contributed by atoms with Crippen LogP contribution in [-0.2, 0) is 9.59 Å². The molecule has 1 aromatic heterocycles. The maximum atomic E-state index is 12.4. The third-order valence-electron chi connectivity index (χ3n) is 4.27. The normalized spacial score (nSPS) is 19.1. The lowest BCUT2D eigenvalue weighted by Gasteiger charge is -2.43. The first-order valence-corrected chi connectivity index (χ1v) is 7.21. The molecule has 0 bridgehead atoms. The molecule has 22 heavy (non-hydrogen) atoms. The van der Waals surface area contributed by atoms with Crippen LogP contribution in [-0.4, -0.2) is 56.6 Å². The van der Waals surface area contributed by atoms with Crippen LogP contribution in [0.5, 0.6) is 0 Å². The number of aromatic amines is 1. The van der Waals surface area contributed by atoms with Crippen molar-refractivity contribution in [2.45, 2.75) is 18.9 Å². The average molecular weight is 298 g/mol. The predicted molar refractivity (Wildman–Crippen MR) is 76.9 cm³/mol. The molecule has 1 aromatic carbocycles. The summed E-state index contributed by atoms with van der Waals surface area (Å²) < 4.78 is 0. The number of imidazole rings is 1. The van der Waals surface area contributed by atoms with Gasteiger partial charge in [-0.1, -0.05) is 0 Å². The van der Waals surface area contributed by atoms with Crippen molar-refractivity contribution < 1.29 is 14.4 Å². The van der Waals surface area contributed by atoms with E-state index in [1.54, 1.807) is 29.4 Å². The van der Waals surface area contributed by atoms with Crippen molar-refractivity contribution in [3.8, 4) is 0 Å². The van der Waals surface area contributed by atoms with Gasteiger partial charge in [-0.15, -0.1) is 0 Å². The molecule has 2 aromatic rings. The van der Waals surface area contributed by atoms with Gasteiger partial charge in [0.15, 0.2) is 0 Å². The zero-order valence-corrected chi connectivity index (χ0v) is 11.8. The molecule has 4 rings (SSSR count).